The van der Waals surface area contributed by atoms with Gasteiger partial charge in [-0.3, -0.25) is 0 Å². The third-order valence-corrected chi connectivity index (χ3v) is 2.57. The summed E-state index contributed by atoms with van der Waals surface area (Å²) < 4.78 is 5.49. The fourth-order valence-electron chi connectivity index (χ4n) is 1.81. The highest BCUT2D eigenvalue weighted by atomic mass is 16.6. The molecule has 0 radical (unpaired) electrons. The molecule has 1 aromatic rings. The molecule has 1 fully saturated rings. The molecule has 0 bridgehead atoms. The fraction of sp³-hybridized carbons (Fsp3) is 0.545. The summed E-state index contributed by atoms with van der Waals surface area (Å²) in [4.78, 5) is 4.04. The third-order valence-electron chi connectivity index (χ3n) is 2.57. The number of hydrogen-bond acceptors (Lipinski definition) is 3. The van der Waals surface area contributed by atoms with Gasteiger partial charge in [-0.05, 0) is 18.9 Å². The number of pyridine rings is 1. The smallest absolute Gasteiger partial charge is 0.215 e. The molecule has 0 atom stereocenters. The Balaban J connectivity index is 2.02. The van der Waals surface area contributed by atoms with Crippen molar-refractivity contribution in [1.29, 1.82) is 0 Å². The Morgan fingerprint density at radius 3 is 2.64 bits per heavy atom. The van der Waals surface area contributed by atoms with Crippen molar-refractivity contribution < 1.29 is 9.84 Å². The molecule has 1 N–H and O–H groups in total. The number of hydrogen-bond donors (Lipinski definition) is 1. The second-order valence-electron chi connectivity index (χ2n) is 3.78. The second kappa shape index (κ2) is 3.96. The van der Waals surface area contributed by atoms with Crippen LogP contribution in [0, 0.1) is 0 Å². The molecule has 0 amide bonds. The first kappa shape index (κ1) is 9.46. The van der Waals surface area contributed by atoms with Crippen LogP contribution < -0.4 is 4.74 Å². The zero-order valence-electron chi connectivity index (χ0n) is 8.15. The van der Waals surface area contributed by atoms with Crippen molar-refractivity contribution in [3.8, 4) is 5.88 Å². The van der Waals surface area contributed by atoms with Gasteiger partial charge in [0.25, 0.3) is 0 Å². The van der Waals surface area contributed by atoms with E-state index in [0.29, 0.717) is 18.7 Å². The fourth-order valence-corrected chi connectivity index (χ4v) is 1.81. The maximum Gasteiger partial charge on any atom is 0.215 e. The SMILES string of the molecule is OC1(Oc2ccccn2)CCCCC1. The van der Waals surface area contributed by atoms with Gasteiger partial charge in [0.05, 0.1) is 0 Å². The van der Waals surface area contributed by atoms with E-state index < -0.39 is 5.79 Å². The van der Waals surface area contributed by atoms with Gasteiger partial charge in [0.1, 0.15) is 0 Å². The molecule has 1 aliphatic rings. The van der Waals surface area contributed by atoms with Crippen molar-refractivity contribution in [2.24, 2.45) is 0 Å². The lowest BCUT2D eigenvalue weighted by Gasteiger charge is -2.31. The standard InChI is InChI=1S/C11H15NO2/c13-11(7-3-1-4-8-11)14-10-6-2-5-9-12-10/h2,5-6,9,13H,1,3-4,7-8H2. The van der Waals surface area contributed by atoms with E-state index in [2.05, 4.69) is 4.98 Å². The van der Waals surface area contributed by atoms with E-state index >= 15 is 0 Å². The van der Waals surface area contributed by atoms with Crippen molar-refractivity contribution in [2.45, 2.75) is 37.9 Å². The maximum absolute atomic E-state index is 10.1. The maximum atomic E-state index is 10.1. The van der Waals surface area contributed by atoms with Crippen molar-refractivity contribution in [3.63, 3.8) is 0 Å². The summed E-state index contributed by atoms with van der Waals surface area (Å²) in [6, 6.07) is 5.46. The average Bonchev–Trinajstić information content (AvgIpc) is 2.19. The summed E-state index contributed by atoms with van der Waals surface area (Å²) in [6.45, 7) is 0. The Bertz CT molecular complexity index is 281. The van der Waals surface area contributed by atoms with Crippen LogP contribution in [0.3, 0.4) is 0 Å². The van der Waals surface area contributed by atoms with Gasteiger partial charge in [-0.2, -0.15) is 0 Å². The Morgan fingerprint density at radius 2 is 2.00 bits per heavy atom. The quantitative estimate of drug-likeness (QED) is 0.731. The lowest BCUT2D eigenvalue weighted by molar-refractivity contribution is -0.160. The molecular weight excluding hydrogens is 178 g/mol. The molecule has 1 aromatic heterocycles. The van der Waals surface area contributed by atoms with Crippen LogP contribution in [0.5, 0.6) is 5.88 Å². The van der Waals surface area contributed by atoms with Crippen molar-refractivity contribution in [2.75, 3.05) is 0 Å². The van der Waals surface area contributed by atoms with Gasteiger partial charge in [-0.15, -0.1) is 0 Å². The molecular formula is C11H15NO2. The zero-order chi connectivity index (χ0) is 9.86. The van der Waals surface area contributed by atoms with E-state index in [9.17, 15) is 5.11 Å². The number of nitrogens with zero attached hydrogens (tertiary/aromatic N) is 1. The number of ether oxygens (including phenoxy) is 1. The average molecular weight is 193 g/mol. The normalized spacial score (nSPS) is 20.4. The summed E-state index contributed by atoms with van der Waals surface area (Å²) in [6.07, 6.45) is 6.34. The van der Waals surface area contributed by atoms with E-state index in [1.807, 2.05) is 12.1 Å². The Hall–Kier alpha value is -1.09. The molecule has 3 nitrogen and oxygen atoms in total. The monoisotopic (exact) mass is 193 g/mol. The summed E-state index contributed by atoms with van der Waals surface area (Å²) in [5.74, 6) is -0.469. The lowest BCUT2D eigenvalue weighted by Crippen LogP contribution is -2.38. The first-order valence-electron chi connectivity index (χ1n) is 5.11. The number of aromatic nitrogens is 1. The molecule has 3 heteroatoms. The van der Waals surface area contributed by atoms with Crippen LogP contribution in [0.15, 0.2) is 24.4 Å². The molecule has 0 aromatic carbocycles. The zero-order valence-corrected chi connectivity index (χ0v) is 8.15. The van der Waals surface area contributed by atoms with Crippen molar-refractivity contribution in [1.82, 2.24) is 4.98 Å². The molecule has 2 rings (SSSR count). The molecule has 1 saturated carbocycles. The van der Waals surface area contributed by atoms with Crippen LogP contribution >= 0.6 is 0 Å². The van der Waals surface area contributed by atoms with Crippen molar-refractivity contribution >= 4 is 0 Å². The van der Waals surface area contributed by atoms with Crippen LogP contribution in [0.2, 0.25) is 0 Å². The molecule has 0 saturated heterocycles. The first-order chi connectivity index (χ1) is 6.79. The van der Waals surface area contributed by atoms with Gasteiger partial charge in [0.2, 0.25) is 11.7 Å². The van der Waals surface area contributed by atoms with E-state index in [4.69, 9.17) is 4.74 Å². The Labute approximate surface area is 83.7 Å². The molecule has 0 spiro atoms. The van der Waals surface area contributed by atoms with E-state index in [-0.39, 0.29) is 0 Å². The van der Waals surface area contributed by atoms with Gasteiger partial charge in [0, 0.05) is 25.1 Å². The summed E-state index contributed by atoms with van der Waals surface area (Å²) in [5, 5.41) is 10.1. The Morgan fingerprint density at radius 1 is 1.21 bits per heavy atom. The van der Waals surface area contributed by atoms with Gasteiger partial charge >= 0.3 is 0 Å². The van der Waals surface area contributed by atoms with E-state index in [1.165, 1.54) is 6.42 Å². The number of aliphatic hydroxyl groups is 1. The molecule has 76 valence electrons. The molecule has 1 heterocycles. The van der Waals surface area contributed by atoms with Gasteiger partial charge in [-0.1, -0.05) is 12.5 Å². The molecule has 0 aliphatic heterocycles. The highest BCUT2D eigenvalue weighted by Gasteiger charge is 2.31. The minimum absolute atomic E-state index is 0.511. The highest BCUT2D eigenvalue weighted by Crippen LogP contribution is 2.29. The van der Waals surface area contributed by atoms with Crippen molar-refractivity contribution in [3.05, 3.63) is 24.4 Å². The van der Waals surface area contributed by atoms with Crippen LogP contribution in [0.1, 0.15) is 32.1 Å². The van der Waals surface area contributed by atoms with Crippen LogP contribution in [-0.2, 0) is 0 Å². The summed E-state index contributed by atoms with van der Waals surface area (Å²) in [7, 11) is 0. The lowest BCUT2D eigenvalue weighted by atomic mass is 9.94. The van der Waals surface area contributed by atoms with E-state index in [0.717, 1.165) is 12.8 Å². The number of rotatable bonds is 2. The Kier molecular flexibility index (Phi) is 2.68. The second-order valence-corrected chi connectivity index (χ2v) is 3.78. The highest BCUT2D eigenvalue weighted by molar-refractivity contribution is 5.10. The minimum Gasteiger partial charge on any atom is -0.446 e. The molecule has 0 unspecified atom stereocenters. The molecule has 1 aliphatic carbocycles. The largest absolute Gasteiger partial charge is 0.446 e. The van der Waals surface area contributed by atoms with Gasteiger partial charge < -0.3 is 9.84 Å². The van der Waals surface area contributed by atoms with Crippen LogP contribution in [0.4, 0.5) is 0 Å². The third kappa shape index (κ3) is 2.23. The predicted octanol–water partition coefficient (Wildman–Crippen LogP) is 2.11. The van der Waals surface area contributed by atoms with Crippen LogP contribution in [-0.4, -0.2) is 15.9 Å². The van der Waals surface area contributed by atoms with Gasteiger partial charge in [-0.25, -0.2) is 4.98 Å². The summed E-state index contributed by atoms with van der Waals surface area (Å²) >= 11 is 0. The predicted molar refractivity (Wildman–Crippen MR) is 52.9 cm³/mol. The minimum atomic E-state index is -0.980. The topological polar surface area (TPSA) is 42.4 Å². The van der Waals surface area contributed by atoms with Crippen LogP contribution in [0.25, 0.3) is 0 Å². The molecule has 14 heavy (non-hydrogen) atoms. The first-order valence-corrected chi connectivity index (χ1v) is 5.11. The summed E-state index contributed by atoms with van der Waals surface area (Å²) in [5.41, 5.74) is 0. The van der Waals surface area contributed by atoms with E-state index in [1.54, 1.807) is 12.3 Å². The van der Waals surface area contributed by atoms with Gasteiger partial charge in [0.15, 0.2) is 0 Å².